The molecule has 1 aromatic rings. The van der Waals surface area contributed by atoms with E-state index >= 15 is 0 Å². The summed E-state index contributed by atoms with van der Waals surface area (Å²) in [5, 5.41) is 4.00. The van der Waals surface area contributed by atoms with Crippen LogP contribution in [-0.4, -0.2) is 30.1 Å². The van der Waals surface area contributed by atoms with Crippen molar-refractivity contribution in [1.29, 1.82) is 0 Å². The maximum absolute atomic E-state index is 5.34. The zero-order valence-corrected chi connectivity index (χ0v) is 8.33. The fourth-order valence-corrected chi connectivity index (χ4v) is 0.940. The summed E-state index contributed by atoms with van der Waals surface area (Å²) in [5.41, 5.74) is 2.11. The molecule has 1 aromatic heterocycles. The van der Waals surface area contributed by atoms with Crippen molar-refractivity contribution < 1.29 is 9.47 Å². The van der Waals surface area contributed by atoms with E-state index < -0.39 is 0 Å². The van der Waals surface area contributed by atoms with Crippen LogP contribution >= 0.6 is 0 Å². The molecule has 0 saturated heterocycles. The minimum Gasteiger partial charge on any atom is -0.382 e. The molecule has 4 heteroatoms. The van der Waals surface area contributed by atoms with Crippen LogP contribution in [0, 0.1) is 13.1 Å². The molecule has 0 aliphatic carbocycles. The fourth-order valence-electron chi connectivity index (χ4n) is 0.940. The van der Waals surface area contributed by atoms with Crippen molar-refractivity contribution in [1.82, 2.24) is 9.78 Å². The third-order valence-corrected chi connectivity index (χ3v) is 1.94. The zero-order valence-electron chi connectivity index (χ0n) is 8.33. The maximum atomic E-state index is 5.34. The molecule has 1 radical (unpaired) electrons. The third-order valence-electron chi connectivity index (χ3n) is 1.94. The van der Waals surface area contributed by atoms with E-state index in [0.29, 0.717) is 19.8 Å². The molecular weight excluding hydrogens is 168 g/mol. The number of hydrogen-bond donors (Lipinski definition) is 0. The Morgan fingerprint density at radius 1 is 1.46 bits per heavy atom. The molecule has 1 heterocycles. The topological polar surface area (TPSA) is 36.3 Å². The minimum absolute atomic E-state index is 0.559. The van der Waals surface area contributed by atoms with Gasteiger partial charge in [-0.05, 0) is 6.92 Å². The molecule has 0 bridgehead atoms. The van der Waals surface area contributed by atoms with Gasteiger partial charge in [-0.3, -0.25) is 4.68 Å². The molecule has 0 N–H and O–H groups in total. The van der Waals surface area contributed by atoms with Gasteiger partial charge < -0.3 is 9.47 Å². The van der Waals surface area contributed by atoms with E-state index in [4.69, 9.17) is 9.47 Å². The van der Waals surface area contributed by atoms with Crippen molar-refractivity contribution in [3.05, 3.63) is 17.5 Å². The number of nitrogens with zero attached hydrogens (tertiary/aromatic N) is 2. The molecule has 0 aromatic carbocycles. The Kier molecular flexibility index (Phi) is 3.92. The van der Waals surface area contributed by atoms with Crippen LogP contribution in [0.5, 0.6) is 0 Å². The largest absolute Gasteiger partial charge is 0.382 e. The Morgan fingerprint density at radius 2 is 2.23 bits per heavy atom. The molecule has 0 amide bonds. The smallest absolute Gasteiger partial charge is 0.119 e. The summed E-state index contributed by atoms with van der Waals surface area (Å²) in [7, 11) is 3.55. The lowest BCUT2D eigenvalue weighted by atomic mass is 10.3. The second-order valence-corrected chi connectivity index (χ2v) is 2.84. The minimum atomic E-state index is 0.559. The Balaban J connectivity index is 2.32. The summed E-state index contributed by atoms with van der Waals surface area (Å²) in [4.78, 5) is 0. The summed E-state index contributed by atoms with van der Waals surface area (Å²) in [6.07, 6.45) is 2.90. The summed E-state index contributed by atoms with van der Waals surface area (Å²) >= 11 is 0. The van der Waals surface area contributed by atoms with Crippen LogP contribution in [0.1, 0.15) is 11.3 Å². The predicted molar refractivity (Wildman–Crippen MR) is 48.3 cm³/mol. The van der Waals surface area contributed by atoms with Crippen LogP contribution in [0.15, 0.2) is 0 Å². The van der Waals surface area contributed by atoms with Crippen molar-refractivity contribution in [2.75, 3.05) is 20.3 Å². The Labute approximate surface area is 78.5 Å². The lowest BCUT2D eigenvalue weighted by molar-refractivity contribution is 0.0613. The van der Waals surface area contributed by atoms with Gasteiger partial charge in [-0.2, -0.15) is 5.10 Å². The third kappa shape index (κ3) is 2.82. The van der Waals surface area contributed by atoms with E-state index in [1.54, 1.807) is 11.8 Å². The molecule has 0 spiro atoms. The normalized spacial score (nSPS) is 10.7. The predicted octanol–water partition coefficient (Wildman–Crippen LogP) is 0.692. The molecule has 73 valence electrons. The first-order valence-corrected chi connectivity index (χ1v) is 4.22. The summed E-state index contributed by atoms with van der Waals surface area (Å²) in [5.74, 6) is 0. The Bertz CT molecular complexity index is 258. The molecule has 0 aliphatic rings. The first-order valence-electron chi connectivity index (χ1n) is 4.22. The second-order valence-electron chi connectivity index (χ2n) is 2.84. The van der Waals surface area contributed by atoms with Crippen LogP contribution in [0.3, 0.4) is 0 Å². The highest BCUT2D eigenvalue weighted by Crippen LogP contribution is 2.05. The van der Waals surface area contributed by atoms with Gasteiger partial charge in [0.15, 0.2) is 0 Å². The Morgan fingerprint density at radius 3 is 2.77 bits per heavy atom. The van der Waals surface area contributed by atoms with E-state index in [1.165, 1.54) is 0 Å². The number of aryl methyl sites for hydroxylation is 1. The first-order chi connectivity index (χ1) is 6.25. The van der Waals surface area contributed by atoms with Crippen molar-refractivity contribution in [2.24, 2.45) is 7.05 Å². The zero-order chi connectivity index (χ0) is 9.68. The van der Waals surface area contributed by atoms with Gasteiger partial charge in [0.25, 0.3) is 0 Å². The molecule has 0 unspecified atom stereocenters. The SMILES string of the molecule is COCCOCc1[c]nn(C)c1C. The van der Waals surface area contributed by atoms with Crippen LogP contribution in [0.4, 0.5) is 0 Å². The monoisotopic (exact) mass is 183 g/mol. The first kappa shape index (κ1) is 10.2. The Hall–Kier alpha value is -0.870. The van der Waals surface area contributed by atoms with Gasteiger partial charge in [-0.1, -0.05) is 0 Å². The van der Waals surface area contributed by atoms with Gasteiger partial charge in [0, 0.05) is 25.4 Å². The van der Waals surface area contributed by atoms with Gasteiger partial charge in [-0.15, -0.1) is 0 Å². The van der Waals surface area contributed by atoms with Gasteiger partial charge in [0.05, 0.1) is 19.8 Å². The number of hydrogen-bond acceptors (Lipinski definition) is 3. The fraction of sp³-hybridized carbons (Fsp3) is 0.667. The highest BCUT2D eigenvalue weighted by molar-refractivity contribution is 5.12. The molecule has 1 rings (SSSR count). The second kappa shape index (κ2) is 4.99. The number of methoxy groups -OCH3 is 1. The van der Waals surface area contributed by atoms with E-state index in [2.05, 4.69) is 11.3 Å². The molecule has 4 nitrogen and oxygen atoms in total. The standard InChI is InChI=1S/C9H15N2O2/c1-8-9(6-10-11(8)2)7-13-5-4-12-3/h4-5,7H2,1-3H3. The van der Waals surface area contributed by atoms with Crippen molar-refractivity contribution in [3.63, 3.8) is 0 Å². The quantitative estimate of drug-likeness (QED) is 0.630. The molecular formula is C9H15N2O2. The van der Waals surface area contributed by atoms with Crippen LogP contribution in [-0.2, 0) is 23.1 Å². The lowest BCUT2D eigenvalue weighted by Crippen LogP contribution is -2.02. The highest BCUT2D eigenvalue weighted by Gasteiger charge is 2.03. The number of rotatable bonds is 5. The van der Waals surface area contributed by atoms with Crippen molar-refractivity contribution in [2.45, 2.75) is 13.5 Å². The van der Waals surface area contributed by atoms with E-state index in [-0.39, 0.29) is 0 Å². The van der Waals surface area contributed by atoms with E-state index in [0.717, 1.165) is 11.3 Å². The molecule has 0 saturated carbocycles. The number of aromatic nitrogens is 2. The van der Waals surface area contributed by atoms with E-state index in [9.17, 15) is 0 Å². The lowest BCUT2D eigenvalue weighted by Gasteiger charge is -2.02. The van der Waals surface area contributed by atoms with Gasteiger partial charge in [0.2, 0.25) is 0 Å². The number of ether oxygens (including phenoxy) is 2. The molecule has 0 aliphatic heterocycles. The average molecular weight is 183 g/mol. The molecule has 0 atom stereocenters. The maximum Gasteiger partial charge on any atom is 0.119 e. The molecule has 0 fully saturated rings. The van der Waals surface area contributed by atoms with Crippen LogP contribution in [0.25, 0.3) is 0 Å². The van der Waals surface area contributed by atoms with Crippen LogP contribution < -0.4 is 0 Å². The average Bonchev–Trinajstić information content (AvgIpc) is 2.43. The van der Waals surface area contributed by atoms with Gasteiger partial charge in [0.1, 0.15) is 6.20 Å². The summed E-state index contributed by atoms with van der Waals surface area (Å²) in [6, 6.07) is 0. The van der Waals surface area contributed by atoms with Crippen molar-refractivity contribution >= 4 is 0 Å². The van der Waals surface area contributed by atoms with Crippen LogP contribution in [0.2, 0.25) is 0 Å². The summed E-state index contributed by atoms with van der Waals surface area (Å²) in [6.45, 7) is 3.79. The summed E-state index contributed by atoms with van der Waals surface area (Å²) < 4.78 is 12.0. The van der Waals surface area contributed by atoms with Crippen molar-refractivity contribution in [3.8, 4) is 0 Å². The molecule has 13 heavy (non-hydrogen) atoms. The van der Waals surface area contributed by atoms with E-state index in [1.807, 2.05) is 14.0 Å². The highest BCUT2D eigenvalue weighted by atomic mass is 16.5. The van der Waals surface area contributed by atoms with Gasteiger partial charge in [-0.25, -0.2) is 0 Å². The van der Waals surface area contributed by atoms with Gasteiger partial charge >= 0.3 is 0 Å².